The molecule has 3 aromatic rings. The Labute approximate surface area is 154 Å². The van der Waals surface area contributed by atoms with Crippen molar-refractivity contribution >= 4 is 40.3 Å². The van der Waals surface area contributed by atoms with E-state index in [0.717, 1.165) is 16.9 Å². The van der Waals surface area contributed by atoms with Gasteiger partial charge in [0.15, 0.2) is 0 Å². The Hall–Kier alpha value is -2.80. The molecule has 0 aliphatic carbocycles. The lowest BCUT2D eigenvalue weighted by Crippen LogP contribution is -2.31. The Kier molecular flexibility index (Phi) is 4.38. The minimum Gasteiger partial charge on any atom is -0.497 e. The largest absolute Gasteiger partial charge is 0.497 e. The maximum atomic E-state index is 12.7. The summed E-state index contributed by atoms with van der Waals surface area (Å²) in [5.41, 5.74) is 2.45. The molecule has 4 rings (SSSR count). The summed E-state index contributed by atoms with van der Waals surface area (Å²) in [6, 6.07) is 14.7. The SMILES string of the molecule is COc1ccc(N2C(=O)C[C@@H](SCc3nc4ccccc4[nH]3)C2=O)cc1. The number of thioether (sulfide) groups is 1. The van der Waals surface area contributed by atoms with Crippen LogP contribution in [-0.2, 0) is 15.3 Å². The van der Waals surface area contributed by atoms with Crippen molar-refractivity contribution in [2.24, 2.45) is 0 Å². The van der Waals surface area contributed by atoms with Gasteiger partial charge in [0.05, 0.1) is 34.8 Å². The molecule has 7 heteroatoms. The highest BCUT2D eigenvalue weighted by atomic mass is 32.2. The number of imidazole rings is 1. The van der Waals surface area contributed by atoms with Crippen molar-refractivity contribution in [3.05, 3.63) is 54.4 Å². The quantitative estimate of drug-likeness (QED) is 0.701. The molecule has 2 heterocycles. The number of hydrogen-bond donors (Lipinski definition) is 1. The summed E-state index contributed by atoms with van der Waals surface area (Å²) in [6.45, 7) is 0. The number of aromatic amines is 1. The van der Waals surface area contributed by atoms with E-state index < -0.39 is 5.25 Å². The Balaban J connectivity index is 1.46. The van der Waals surface area contributed by atoms with Crippen LogP contribution in [-0.4, -0.2) is 34.1 Å². The number of ether oxygens (including phenoxy) is 1. The summed E-state index contributed by atoms with van der Waals surface area (Å²) in [5, 5.41) is -0.391. The molecule has 1 aliphatic heterocycles. The number of rotatable bonds is 5. The number of aromatic nitrogens is 2. The summed E-state index contributed by atoms with van der Waals surface area (Å²) in [7, 11) is 1.58. The number of H-pyrrole nitrogens is 1. The van der Waals surface area contributed by atoms with Crippen LogP contribution in [0.15, 0.2) is 48.5 Å². The van der Waals surface area contributed by atoms with E-state index in [2.05, 4.69) is 9.97 Å². The maximum Gasteiger partial charge on any atom is 0.247 e. The highest BCUT2D eigenvalue weighted by molar-refractivity contribution is 7.99. The zero-order valence-corrected chi connectivity index (χ0v) is 15.0. The second kappa shape index (κ2) is 6.84. The van der Waals surface area contributed by atoms with Gasteiger partial charge >= 0.3 is 0 Å². The lowest BCUT2D eigenvalue weighted by Gasteiger charge is -2.15. The maximum absolute atomic E-state index is 12.7. The Morgan fingerprint density at radius 1 is 1.19 bits per heavy atom. The molecule has 1 aliphatic rings. The molecule has 6 nitrogen and oxygen atoms in total. The predicted octanol–water partition coefficient (Wildman–Crippen LogP) is 3.14. The normalized spacial score (nSPS) is 17.3. The van der Waals surface area contributed by atoms with Crippen LogP contribution in [0.4, 0.5) is 5.69 Å². The van der Waals surface area contributed by atoms with Crippen LogP contribution < -0.4 is 9.64 Å². The van der Waals surface area contributed by atoms with E-state index >= 15 is 0 Å². The number of anilines is 1. The lowest BCUT2D eigenvalue weighted by molar-refractivity contribution is -0.121. The fraction of sp³-hybridized carbons (Fsp3) is 0.211. The molecule has 1 fully saturated rings. The molecule has 0 unspecified atom stereocenters. The molecule has 0 bridgehead atoms. The summed E-state index contributed by atoms with van der Waals surface area (Å²) in [4.78, 5) is 34.0. The first-order valence-electron chi connectivity index (χ1n) is 8.22. The molecule has 1 aromatic heterocycles. The lowest BCUT2D eigenvalue weighted by atomic mass is 10.3. The fourth-order valence-electron chi connectivity index (χ4n) is 2.99. The number of methoxy groups -OCH3 is 1. The number of benzene rings is 2. The van der Waals surface area contributed by atoms with Gasteiger partial charge in [0.2, 0.25) is 11.8 Å². The van der Waals surface area contributed by atoms with E-state index in [1.54, 1.807) is 31.4 Å². The van der Waals surface area contributed by atoms with Gasteiger partial charge in [0.1, 0.15) is 11.6 Å². The third-order valence-electron chi connectivity index (χ3n) is 4.30. The third-order valence-corrected chi connectivity index (χ3v) is 5.51. The summed E-state index contributed by atoms with van der Waals surface area (Å²) >= 11 is 1.44. The molecule has 0 spiro atoms. The van der Waals surface area contributed by atoms with Gasteiger partial charge in [-0.25, -0.2) is 9.88 Å². The number of para-hydroxylation sites is 2. The van der Waals surface area contributed by atoms with Crippen LogP contribution in [0.2, 0.25) is 0 Å². The van der Waals surface area contributed by atoms with Crippen molar-refractivity contribution < 1.29 is 14.3 Å². The monoisotopic (exact) mass is 367 g/mol. The number of nitrogens with one attached hydrogen (secondary N) is 1. The fourth-order valence-corrected chi connectivity index (χ4v) is 3.99. The number of carbonyl (C=O) groups is 2. The molecule has 2 aromatic carbocycles. The van der Waals surface area contributed by atoms with Gasteiger partial charge in [-0.2, -0.15) is 0 Å². The van der Waals surface area contributed by atoms with Crippen molar-refractivity contribution in [1.82, 2.24) is 9.97 Å². The Morgan fingerprint density at radius 3 is 2.69 bits per heavy atom. The first-order valence-corrected chi connectivity index (χ1v) is 9.26. The van der Waals surface area contributed by atoms with Crippen LogP contribution in [0.25, 0.3) is 11.0 Å². The minimum atomic E-state index is -0.391. The number of hydrogen-bond acceptors (Lipinski definition) is 5. The van der Waals surface area contributed by atoms with E-state index in [9.17, 15) is 9.59 Å². The van der Waals surface area contributed by atoms with Crippen LogP contribution in [0.5, 0.6) is 5.75 Å². The zero-order valence-electron chi connectivity index (χ0n) is 14.1. The highest BCUT2D eigenvalue weighted by Crippen LogP contribution is 2.32. The number of nitrogens with zero attached hydrogens (tertiary/aromatic N) is 2. The Bertz CT molecular complexity index is 935. The van der Waals surface area contributed by atoms with Gasteiger partial charge in [0, 0.05) is 6.42 Å². The van der Waals surface area contributed by atoms with Gasteiger partial charge < -0.3 is 9.72 Å². The standard InChI is InChI=1S/C19H17N3O3S/c1-25-13-8-6-12(7-9-13)22-18(23)10-16(19(22)24)26-11-17-20-14-4-2-3-5-15(14)21-17/h2-9,16H,10-11H2,1H3,(H,20,21)/t16-/m1/s1. The summed E-state index contributed by atoms with van der Waals surface area (Å²) in [6.07, 6.45) is 0.204. The smallest absolute Gasteiger partial charge is 0.247 e. The second-order valence-corrected chi connectivity index (χ2v) is 7.16. The van der Waals surface area contributed by atoms with Crippen LogP contribution in [0.1, 0.15) is 12.2 Å². The van der Waals surface area contributed by atoms with Crippen molar-refractivity contribution in [3.63, 3.8) is 0 Å². The van der Waals surface area contributed by atoms with Gasteiger partial charge in [-0.15, -0.1) is 11.8 Å². The molecule has 26 heavy (non-hydrogen) atoms. The topological polar surface area (TPSA) is 75.3 Å². The molecule has 1 saturated heterocycles. The number of carbonyl (C=O) groups excluding carboxylic acids is 2. The second-order valence-electron chi connectivity index (χ2n) is 5.97. The highest BCUT2D eigenvalue weighted by Gasteiger charge is 2.39. The van der Waals surface area contributed by atoms with E-state index in [4.69, 9.17) is 4.74 Å². The zero-order chi connectivity index (χ0) is 18.1. The van der Waals surface area contributed by atoms with Crippen LogP contribution in [0, 0.1) is 0 Å². The molecule has 0 radical (unpaired) electrons. The minimum absolute atomic E-state index is 0.178. The van der Waals surface area contributed by atoms with Crippen LogP contribution in [0.3, 0.4) is 0 Å². The van der Waals surface area contributed by atoms with Gasteiger partial charge in [-0.05, 0) is 36.4 Å². The van der Waals surface area contributed by atoms with Gasteiger partial charge in [0.25, 0.3) is 0 Å². The number of imide groups is 1. The van der Waals surface area contributed by atoms with Crippen LogP contribution >= 0.6 is 11.8 Å². The van der Waals surface area contributed by atoms with E-state index in [1.165, 1.54) is 16.7 Å². The van der Waals surface area contributed by atoms with E-state index in [1.807, 2.05) is 24.3 Å². The van der Waals surface area contributed by atoms with E-state index in [0.29, 0.717) is 17.2 Å². The van der Waals surface area contributed by atoms with Gasteiger partial charge in [-0.3, -0.25) is 9.59 Å². The van der Waals surface area contributed by atoms with Crippen molar-refractivity contribution in [2.45, 2.75) is 17.4 Å². The first-order chi connectivity index (χ1) is 12.7. The summed E-state index contributed by atoms with van der Waals surface area (Å²) in [5.74, 6) is 1.68. The van der Waals surface area contributed by atoms with Crippen molar-refractivity contribution in [2.75, 3.05) is 12.0 Å². The van der Waals surface area contributed by atoms with E-state index in [-0.39, 0.29) is 18.2 Å². The first kappa shape index (κ1) is 16.7. The van der Waals surface area contributed by atoms with Crippen molar-refractivity contribution in [3.8, 4) is 5.75 Å². The average molecular weight is 367 g/mol. The van der Waals surface area contributed by atoms with Crippen molar-refractivity contribution in [1.29, 1.82) is 0 Å². The molecule has 0 saturated carbocycles. The number of fused-ring (bicyclic) bond motifs is 1. The van der Waals surface area contributed by atoms with Gasteiger partial charge in [-0.1, -0.05) is 12.1 Å². The Morgan fingerprint density at radius 2 is 1.96 bits per heavy atom. The molecule has 2 amide bonds. The number of amides is 2. The molecular weight excluding hydrogens is 350 g/mol. The molecule has 1 N–H and O–H groups in total. The average Bonchev–Trinajstić information content (AvgIpc) is 3.20. The molecule has 1 atom stereocenters. The summed E-state index contributed by atoms with van der Waals surface area (Å²) < 4.78 is 5.12. The third kappa shape index (κ3) is 3.06. The molecular formula is C19H17N3O3S. The molecule has 132 valence electrons. The predicted molar refractivity (Wildman–Crippen MR) is 101 cm³/mol.